The van der Waals surface area contributed by atoms with Gasteiger partial charge in [0.2, 0.25) is 0 Å². The second kappa shape index (κ2) is 5.13. The predicted molar refractivity (Wildman–Crippen MR) is 89.3 cm³/mol. The summed E-state index contributed by atoms with van der Waals surface area (Å²) in [6, 6.07) is 7.48. The maximum Gasteiger partial charge on any atom is 0.339 e. The van der Waals surface area contributed by atoms with Gasteiger partial charge >= 0.3 is 5.97 Å². The molecule has 0 bridgehead atoms. The number of hydrogen-bond donors (Lipinski definition) is 1. The van der Waals surface area contributed by atoms with Gasteiger partial charge in [0.15, 0.2) is 5.60 Å². The first kappa shape index (κ1) is 14.8. The monoisotopic (exact) mass is 322 g/mol. The van der Waals surface area contributed by atoms with Crippen LogP contribution in [0.2, 0.25) is 0 Å². The minimum atomic E-state index is -0.930. The predicted octanol–water partition coefficient (Wildman–Crippen LogP) is 3.93. The fraction of sp³-hybridized carbons (Fsp3) is 0.250. The lowest BCUT2D eigenvalue weighted by atomic mass is 9.69. The summed E-state index contributed by atoms with van der Waals surface area (Å²) >= 11 is 0. The third-order valence-corrected chi connectivity index (χ3v) is 4.91. The van der Waals surface area contributed by atoms with Crippen molar-refractivity contribution in [3.63, 3.8) is 0 Å². The average Bonchev–Trinajstić information content (AvgIpc) is 2.88. The van der Waals surface area contributed by atoms with E-state index in [0.29, 0.717) is 11.3 Å². The Hall–Kier alpha value is -2.75. The number of esters is 1. The van der Waals surface area contributed by atoms with E-state index >= 15 is 0 Å². The Morgan fingerprint density at radius 3 is 2.75 bits per heavy atom. The number of hydrogen-bond acceptors (Lipinski definition) is 4. The van der Waals surface area contributed by atoms with Gasteiger partial charge < -0.3 is 14.6 Å². The van der Waals surface area contributed by atoms with Crippen molar-refractivity contribution < 1.29 is 19.4 Å². The summed E-state index contributed by atoms with van der Waals surface area (Å²) in [5, 5.41) is 9.86. The van der Waals surface area contributed by atoms with Gasteiger partial charge in [-0.1, -0.05) is 30.4 Å². The maximum absolute atomic E-state index is 12.5. The number of benzene rings is 1. The Bertz CT molecular complexity index is 843. The fourth-order valence-electron chi connectivity index (χ4n) is 3.96. The highest BCUT2D eigenvalue weighted by Gasteiger charge is 2.59. The van der Waals surface area contributed by atoms with E-state index in [4.69, 9.17) is 9.47 Å². The number of fused-ring (bicyclic) bond motifs is 4. The van der Waals surface area contributed by atoms with Crippen molar-refractivity contribution in [2.45, 2.75) is 25.6 Å². The Morgan fingerprint density at radius 1 is 1.21 bits per heavy atom. The zero-order valence-corrected chi connectivity index (χ0v) is 13.5. The van der Waals surface area contributed by atoms with Crippen LogP contribution in [0.25, 0.3) is 0 Å². The molecule has 0 aromatic heterocycles. The summed E-state index contributed by atoms with van der Waals surface area (Å²) < 4.78 is 12.1. The zero-order chi connectivity index (χ0) is 16.9. The lowest BCUT2D eigenvalue weighted by Crippen LogP contribution is -2.48. The van der Waals surface area contributed by atoms with Gasteiger partial charge in [0.1, 0.15) is 17.6 Å². The standard InChI is InChI=1S/C20H18O4/c1-3-14-17(4-2)23-18-11-12(21)9-10-16(18)20(14)15-8-6-5-7-13(15)19(22)24-20/h3-11,16,18,21H,1-2H3/b14-3+,17-4+. The highest BCUT2D eigenvalue weighted by Crippen LogP contribution is 2.55. The summed E-state index contributed by atoms with van der Waals surface area (Å²) in [7, 11) is 0. The summed E-state index contributed by atoms with van der Waals surface area (Å²) in [6.07, 6.45) is 8.57. The maximum atomic E-state index is 12.5. The molecule has 3 aliphatic rings. The van der Waals surface area contributed by atoms with Gasteiger partial charge in [-0.3, -0.25) is 0 Å². The van der Waals surface area contributed by atoms with Crippen LogP contribution in [0.15, 0.2) is 71.7 Å². The minimum absolute atomic E-state index is 0.156. The van der Waals surface area contributed by atoms with Crippen molar-refractivity contribution in [2.24, 2.45) is 5.92 Å². The third kappa shape index (κ3) is 1.77. The van der Waals surface area contributed by atoms with Gasteiger partial charge in [0.25, 0.3) is 0 Å². The van der Waals surface area contributed by atoms with Crippen molar-refractivity contribution >= 4 is 5.97 Å². The Labute approximate surface area is 140 Å². The van der Waals surface area contributed by atoms with Crippen LogP contribution in [0.1, 0.15) is 29.8 Å². The van der Waals surface area contributed by atoms with Crippen molar-refractivity contribution in [1.82, 2.24) is 0 Å². The molecule has 1 N–H and O–H groups in total. The molecule has 0 saturated carbocycles. The molecule has 4 heteroatoms. The number of aliphatic hydroxyl groups excluding tert-OH is 1. The van der Waals surface area contributed by atoms with Crippen molar-refractivity contribution in [3.8, 4) is 0 Å². The van der Waals surface area contributed by atoms with Crippen LogP contribution in [-0.2, 0) is 15.1 Å². The molecule has 24 heavy (non-hydrogen) atoms. The quantitative estimate of drug-likeness (QED) is 0.735. The largest absolute Gasteiger partial charge is 0.508 e. The van der Waals surface area contributed by atoms with E-state index in [0.717, 1.165) is 11.1 Å². The second-order valence-electron chi connectivity index (χ2n) is 6.08. The molecule has 1 aromatic carbocycles. The number of allylic oxidation sites excluding steroid dienone is 3. The molecule has 3 atom stereocenters. The highest BCUT2D eigenvalue weighted by atomic mass is 16.6. The van der Waals surface area contributed by atoms with Crippen molar-refractivity contribution in [2.75, 3.05) is 0 Å². The van der Waals surface area contributed by atoms with E-state index in [9.17, 15) is 9.90 Å². The molecule has 122 valence electrons. The molecule has 3 unspecified atom stereocenters. The lowest BCUT2D eigenvalue weighted by molar-refractivity contribution is -0.0648. The first-order chi connectivity index (χ1) is 11.6. The Kier molecular flexibility index (Phi) is 3.17. The SMILES string of the molecule is C/C=C1/OC2C=C(O)C=CC2C2(OC(=O)c3ccccc32)/C1=C/C. The van der Waals surface area contributed by atoms with Gasteiger partial charge in [-0.15, -0.1) is 0 Å². The van der Waals surface area contributed by atoms with Crippen molar-refractivity contribution in [3.05, 3.63) is 82.9 Å². The first-order valence-electron chi connectivity index (χ1n) is 8.03. The molecule has 1 aliphatic carbocycles. The summed E-state index contributed by atoms with van der Waals surface area (Å²) in [5.74, 6) is 0.259. The van der Waals surface area contributed by atoms with E-state index < -0.39 is 11.7 Å². The second-order valence-corrected chi connectivity index (χ2v) is 6.08. The number of aliphatic hydroxyl groups is 1. The number of carbonyl (C=O) groups is 1. The molecule has 0 amide bonds. The number of ether oxygens (including phenoxy) is 2. The molecule has 4 nitrogen and oxygen atoms in total. The van der Waals surface area contributed by atoms with Crippen LogP contribution < -0.4 is 0 Å². The molecule has 1 aromatic rings. The molecular formula is C20H18O4. The van der Waals surface area contributed by atoms with Gasteiger partial charge in [-0.2, -0.15) is 0 Å². The fourth-order valence-corrected chi connectivity index (χ4v) is 3.96. The molecular weight excluding hydrogens is 304 g/mol. The Morgan fingerprint density at radius 2 is 2.00 bits per heavy atom. The molecule has 4 rings (SSSR count). The van der Waals surface area contributed by atoms with E-state index in [-0.39, 0.29) is 17.6 Å². The normalized spacial score (nSPS) is 33.9. The minimum Gasteiger partial charge on any atom is -0.508 e. The van der Waals surface area contributed by atoms with E-state index in [1.54, 1.807) is 18.2 Å². The van der Waals surface area contributed by atoms with E-state index in [1.807, 2.05) is 50.3 Å². The first-order valence-corrected chi connectivity index (χ1v) is 8.03. The number of rotatable bonds is 0. The van der Waals surface area contributed by atoms with Crippen LogP contribution in [-0.4, -0.2) is 17.2 Å². The smallest absolute Gasteiger partial charge is 0.339 e. The summed E-state index contributed by atoms with van der Waals surface area (Å²) in [4.78, 5) is 12.5. The van der Waals surface area contributed by atoms with Gasteiger partial charge in [-0.05, 0) is 38.1 Å². The molecule has 2 heterocycles. The van der Waals surface area contributed by atoms with Crippen LogP contribution >= 0.6 is 0 Å². The van der Waals surface area contributed by atoms with Crippen molar-refractivity contribution in [1.29, 1.82) is 0 Å². The summed E-state index contributed by atoms with van der Waals surface area (Å²) in [6.45, 7) is 3.80. The van der Waals surface area contributed by atoms with E-state index in [2.05, 4.69) is 0 Å². The van der Waals surface area contributed by atoms with Crippen LogP contribution in [0, 0.1) is 5.92 Å². The van der Waals surface area contributed by atoms with Crippen LogP contribution in [0.5, 0.6) is 0 Å². The summed E-state index contributed by atoms with van der Waals surface area (Å²) in [5.41, 5.74) is 1.34. The van der Waals surface area contributed by atoms with Crippen LogP contribution in [0.4, 0.5) is 0 Å². The molecule has 1 fully saturated rings. The molecule has 1 spiro atoms. The number of carbonyl (C=O) groups excluding carboxylic acids is 1. The average molecular weight is 322 g/mol. The molecule has 2 aliphatic heterocycles. The lowest BCUT2D eigenvalue weighted by Gasteiger charge is -2.46. The molecule has 0 radical (unpaired) electrons. The topological polar surface area (TPSA) is 55.8 Å². The van der Waals surface area contributed by atoms with Crippen LogP contribution in [0.3, 0.4) is 0 Å². The third-order valence-electron chi connectivity index (χ3n) is 4.91. The van der Waals surface area contributed by atoms with Gasteiger partial charge in [0.05, 0.1) is 11.5 Å². The van der Waals surface area contributed by atoms with E-state index in [1.165, 1.54) is 0 Å². The van der Waals surface area contributed by atoms with Gasteiger partial charge in [-0.25, -0.2) is 4.79 Å². The van der Waals surface area contributed by atoms with Gasteiger partial charge in [0, 0.05) is 11.1 Å². The molecule has 1 saturated heterocycles. The zero-order valence-electron chi connectivity index (χ0n) is 13.5. The Balaban J connectivity index is 2.00. The highest BCUT2D eigenvalue weighted by molar-refractivity contribution is 5.96.